The van der Waals surface area contributed by atoms with Crippen LogP contribution in [0.4, 0.5) is 20.6 Å². The molecular formula is C32H37FN4O8S. The molecule has 0 aromatic heterocycles. The summed E-state index contributed by atoms with van der Waals surface area (Å²) in [6.45, 7) is 3.32. The second-order valence-electron chi connectivity index (χ2n) is 11.1. The maximum Gasteiger partial charge on any atom is 0.411 e. The normalized spacial score (nSPS) is 15.4. The lowest BCUT2D eigenvalue weighted by atomic mass is 10.00. The second-order valence-corrected chi connectivity index (χ2v) is 13.6. The van der Waals surface area contributed by atoms with Gasteiger partial charge in [-0.05, 0) is 86.3 Å². The van der Waals surface area contributed by atoms with Crippen molar-refractivity contribution < 1.29 is 41.8 Å². The van der Waals surface area contributed by atoms with Gasteiger partial charge in [-0.15, -0.1) is 0 Å². The first-order valence-electron chi connectivity index (χ1n) is 14.4. The van der Waals surface area contributed by atoms with Gasteiger partial charge < -0.3 is 30.5 Å². The van der Waals surface area contributed by atoms with Crippen LogP contribution in [-0.4, -0.2) is 69.4 Å². The van der Waals surface area contributed by atoms with E-state index < -0.39 is 50.9 Å². The molecule has 0 saturated carbocycles. The molecule has 4 rings (SSSR count). The van der Waals surface area contributed by atoms with Crippen molar-refractivity contribution in [1.29, 1.82) is 0 Å². The van der Waals surface area contributed by atoms with Gasteiger partial charge in [-0.1, -0.05) is 6.07 Å². The highest BCUT2D eigenvalue weighted by Gasteiger charge is 2.38. The molecule has 14 heteroatoms. The van der Waals surface area contributed by atoms with Gasteiger partial charge in [0.15, 0.2) is 21.3 Å². The van der Waals surface area contributed by atoms with Crippen LogP contribution in [0.3, 0.4) is 0 Å². The number of methoxy groups -OCH3 is 2. The van der Waals surface area contributed by atoms with Crippen molar-refractivity contribution in [3.05, 3.63) is 77.1 Å². The third-order valence-corrected chi connectivity index (χ3v) is 10.3. The average Bonchev–Trinajstić information content (AvgIpc) is 3.53. The molecule has 1 aliphatic rings. The van der Waals surface area contributed by atoms with E-state index in [1.807, 2.05) is 0 Å². The molecule has 0 radical (unpaired) electrons. The fraction of sp³-hybridized carbons (Fsp3) is 0.344. The Bertz CT molecular complexity index is 1760. The third kappa shape index (κ3) is 6.71. The van der Waals surface area contributed by atoms with Crippen LogP contribution in [0.25, 0.3) is 0 Å². The first-order chi connectivity index (χ1) is 21.7. The summed E-state index contributed by atoms with van der Waals surface area (Å²) < 4.78 is 52.9. The predicted octanol–water partition coefficient (Wildman–Crippen LogP) is 4.76. The molecule has 0 aliphatic carbocycles. The summed E-state index contributed by atoms with van der Waals surface area (Å²) in [5.41, 5.74) is 6.15. The largest absolute Gasteiger partial charge is 0.493 e. The van der Waals surface area contributed by atoms with Crippen LogP contribution in [0.1, 0.15) is 60.3 Å². The van der Waals surface area contributed by atoms with Crippen molar-refractivity contribution in [3.8, 4) is 11.5 Å². The van der Waals surface area contributed by atoms with E-state index in [1.165, 1.54) is 56.5 Å². The Morgan fingerprint density at radius 1 is 1.04 bits per heavy atom. The van der Waals surface area contributed by atoms with E-state index in [-0.39, 0.29) is 33.9 Å². The van der Waals surface area contributed by atoms with Crippen LogP contribution in [0.2, 0.25) is 0 Å². The van der Waals surface area contributed by atoms with Crippen molar-refractivity contribution in [2.24, 2.45) is 5.73 Å². The van der Waals surface area contributed by atoms with Gasteiger partial charge in [-0.3, -0.25) is 14.5 Å². The van der Waals surface area contributed by atoms with Gasteiger partial charge in [0.1, 0.15) is 11.9 Å². The molecule has 12 nitrogen and oxygen atoms in total. The van der Waals surface area contributed by atoms with E-state index in [4.69, 9.17) is 15.2 Å². The van der Waals surface area contributed by atoms with Gasteiger partial charge in [-0.25, -0.2) is 17.6 Å². The second kappa shape index (κ2) is 13.6. The summed E-state index contributed by atoms with van der Waals surface area (Å²) in [6, 6.07) is 10.5. The topological polar surface area (TPSA) is 169 Å². The van der Waals surface area contributed by atoms with Gasteiger partial charge in [0.25, 0.3) is 0 Å². The molecule has 1 fully saturated rings. The lowest BCUT2D eigenvalue weighted by Gasteiger charge is -2.32. The van der Waals surface area contributed by atoms with Crippen molar-refractivity contribution >= 4 is 39.1 Å². The molecule has 246 valence electrons. The molecule has 2 atom stereocenters. The summed E-state index contributed by atoms with van der Waals surface area (Å²) in [5, 5.41) is 11.7. The predicted molar refractivity (Wildman–Crippen MR) is 170 cm³/mol. The maximum atomic E-state index is 15.1. The Labute approximate surface area is 266 Å². The minimum atomic E-state index is -3.86. The van der Waals surface area contributed by atoms with E-state index in [1.54, 1.807) is 32.0 Å². The number of hydrogen-bond donors (Lipinski definition) is 3. The number of nitrogens with zero attached hydrogens (tertiary/aromatic N) is 2. The smallest absolute Gasteiger partial charge is 0.411 e. The number of anilines is 2. The Morgan fingerprint density at radius 2 is 1.74 bits per heavy atom. The number of amides is 3. The summed E-state index contributed by atoms with van der Waals surface area (Å²) in [6.07, 6.45) is -0.347. The highest BCUT2D eigenvalue weighted by molar-refractivity contribution is 7.92. The van der Waals surface area contributed by atoms with Crippen LogP contribution < -0.4 is 25.4 Å². The highest BCUT2D eigenvalue weighted by Crippen LogP contribution is 2.41. The highest BCUT2D eigenvalue weighted by atomic mass is 32.2. The summed E-state index contributed by atoms with van der Waals surface area (Å²) in [7, 11) is 0.360. The van der Waals surface area contributed by atoms with Crippen molar-refractivity contribution in [1.82, 2.24) is 4.90 Å². The van der Waals surface area contributed by atoms with Crippen LogP contribution in [0.15, 0.2) is 59.5 Å². The number of ether oxygens (including phenoxy) is 2. The summed E-state index contributed by atoms with van der Waals surface area (Å²) in [4.78, 5) is 40.7. The zero-order valence-corrected chi connectivity index (χ0v) is 26.9. The number of carbonyl (C=O) groups excluding carboxylic acids is 2. The standard InChI is InChI=1S/C32H37FN4O8S/c1-18(2)46(42,43)28-13-10-21(36(3)32(40)41)17-22(28)25-7-6-14-37(25)31(39)29(19-9-12-26(44-4)27(16-19)45-5)35-24-15-20(30(34)38)8-11-23(24)33/h8-13,15-18,25,29,35H,6-7,14H2,1-5H3,(H2,34,38)(H,40,41)/t25-,29-/m1/s1. The van der Waals surface area contributed by atoms with Gasteiger partial charge in [0.05, 0.1) is 36.1 Å². The number of halogens is 1. The Kier molecular flexibility index (Phi) is 10.1. The van der Waals surface area contributed by atoms with E-state index in [0.29, 0.717) is 29.9 Å². The van der Waals surface area contributed by atoms with Gasteiger partial charge in [0.2, 0.25) is 11.8 Å². The molecule has 0 spiro atoms. The number of benzene rings is 3. The number of carbonyl (C=O) groups is 3. The number of rotatable bonds is 11. The zero-order chi connectivity index (χ0) is 33.9. The quantitative estimate of drug-likeness (QED) is 0.264. The Hall–Kier alpha value is -4.85. The first-order valence-corrected chi connectivity index (χ1v) is 16.0. The maximum absolute atomic E-state index is 15.1. The molecule has 3 aromatic carbocycles. The van der Waals surface area contributed by atoms with Gasteiger partial charge in [-0.2, -0.15) is 0 Å². The Morgan fingerprint density at radius 3 is 2.35 bits per heavy atom. The summed E-state index contributed by atoms with van der Waals surface area (Å²) >= 11 is 0. The molecule has 0 bridgehead atoms. The average molecular weight is 657 g/mol. The molecule has 46 heavy (non-hydrogen) atoms. The van der Waals surface area contributed by atoms with Crippen molar-refractivity contribution in [2.45, 2.75) is 48.9 Å². The van der Waals surface area contributed by atoms with Crippen LogP contribution in [-0.2, 0) is 14.6 Å². The fourth-order valence-electron chi connectivity index (χ4n) is 5.41. The van der Waals surface area contributed by atoms with Crippen molar-refractivity contribution in [3.63, 3.8) is 0 Å². The molecule has 3 amide bonds. The molecular weight excluding hydrogens is 619 g/mol. The van der Waals surface area contributed by atoms with Crippen molar-refractivity contribution in [2.75, 3.05) is 38.0 Å². The fourth-order valence-corrected chi connectivity index (χ4v) is 6.70. The molecule has 1 aliphatic heterocycles. The molecule has 0 unspecified atom stereocenters. The monoisotopic (exact) mass is 656 g/mol. The number of hydrogen-bond acceptors (Lipinski definition) is 8. The zero-order valence-electron chi connectivity index (χ0n) is 26.1. The minimum absolute atomic E-state index is 0.00873. The number of nitrogens with two attached hydrogens (primary N) is 1. The minimum Gasteiger partial charge on any atom is -0.493 e. The number of nitrogens with one attached hydrogen (secondary N) is 1. The van der Waals surface area contributed by atoms with Crippen LogP contribution >= 0.6 is 0 Å². The van der Waals surface area contributed by atoms with Crippen LogP contribution in [0, 0.1) is 5.82 Å². The number of sulfone groups is 1. The Balaban J connectivity index is 1.87. The number of likely N-dealkylation sites (tertiary alicyclic amines) is 1. The number of carboxylic acid groups (broad SMARTS) is 1. The lowest BCUT2D eigenvalue weighted by Crippen LogP contribution is -2.38. The molecule has 4 N–H and O–H groups in total. The van der Waals surface area contributed by atoms with Gasteiger partial charge >= 0.3 is 6.09 Å². The van der Waals surface area contributed by atoms with E-state index >= 15 is 4.39 Å². The number of primary amides is 1. The SMILES string of the molecule is COc1ccc([C@@H](Nc2cc(C(N)=O)ccc2F)C(=O)N2CCC[C@@H]2c2cc(N(C)C(=O)O)ccc2S(=O)(=O)C(C)C)cc1OC. The molecule has 3 aromatic rings. The van der Waals surface area contributed by atoms with Crippen LogP contribution in [0.5, 0.6) is 11.5 Å². The molecule has 1 heterocycles. The first kappa shape index (κ1) is 34.0. The lowest BCUT2D eigenvalue weighted by molar-refractivity contribution is -0.133. The summed E-state index contributed by atoms with van der Waals surface area (Å²) in [5.74, 6) is -1.36. The van der Waals surface area contributed by atoms with E-state index in [2.05, 4.69) is 5.32 Å². The van der Waals surface area contributed by atoms with E-state index in [0.717, 1.165) is 11.0 Å². The third-order valence-electron chi connectivity index (χ3n) is 8.03. The van der Waals surface area contributed by atoms with Gasteiger partial charge in [0, 0.05) is 24.8 Å². The molecule has 1 saturated heterocycles. The van der Waals surface area contributed by atoms with E-state index in [9.17, 15) is 27.9 Å².